The van der Waals surface area contributed by atoms with Crippen LogP contribution in [-0.2, 0) is 11.3 Å². The van der Waals surface area contributed by atoms with Gasteiger partial charge in [0.25, 0.3) is 0 Å². The molecule has 2 aromatic rings. The first-order valence-electron chi connectivity index (χ1n) is 6.45. The van der Waals surface area contributed by atoms with Gasteiger partial charge in [-0.3, -0.25) is 4.79 Å². The second-order valence-electron chi connectivity index (χ2n) is 4.60. The van der Waals surface area contributed by atoms with Crippen molar-refractivity contribution in [3.8, 4) is 6.07 Å². The molecule has 0 aliphatic heterocycles. The fourth-order valence-electron chi connectivity index (χ4n) is 2.06. The molecule has 0 aliphatic carbocycles. The number of nitrogens with one attached hydrogen (secondary N) is 1. The average molecular weight is 268 g/mol. The van der Waals surface area contributed by atoms with E-state index < -0.39 is 5.92 Å². The van der Waals surface area contributed by atoms with Gasteiger partial charge >= 0.3 is 0 Å². The summed E-state index contributed by atoms with van der Waals surface area (Å²) in [6.07, 6.45) is 1.72. The molecule has 0 radical (unpaired) electrons. The van der Waals surface area contributed by atoms with Crippen molar-refractivity contribution in [1.82, 2.24) is 5.32 Å². The van der Waals surface area contributed by atoms with Crippen LogP contribution in [0.15, 0.2) is 47.1 Å². The van der Waals surface area contributed by atoms with Gasteiger partial charge in [0.15, 0.2) is 0 Å². The zero-order valence-corrected chi connectivity index (χ0v) is 11.3. The van der Waals surface area contributed by atoms with Gasteiger partial charge in [-0.15, -0.1) is 0 Å². The molecular formula is C16H16N2O2. The summed E-state index contributed by atoms with van der Waals surface area (Å²) < 4.78 is 5.14. The molecule has 4 heteroatoms. The summed E-state index contributed by atoms with van der Waals surface area (Å²) in [6.45, 7) is 2.29. The van der Waals surface area contributed by atoms with Crippen LogP contribution in [-0.4, -0.2) is 5.91 Å². The number of rotatable bonds is 5. The lowest BCUT2D eigenvalue weighted by atomic mass is 9.93. The molecule has 0 spiro atoms. The van der Waals surface area contributed by atoms with Crippen molar-refractivity contribution in [3.63, 3.8) is 0 Å². The summed E-state index contributed by atoms with van der Waals surface area (Å²) in [5.74, 6) is 0.117. The molecule has 1 aromatic heterocycles. The van der Waals surface area contributed by atoms with Crippen molar-refractivity contribution in [3.05, 3.63) is 59.5 Å². The molecule has 1 heterocycles. The molecule has 0 saturated heterocycles. The monoisotopic (exact) mass is 268 g/mol. The summed E-state index contributed by atoms with van der Waals surface area (Å²) in [5.41, 5.74) is 1.93. The molecule has 2 rings (SSSR count). The van der Waals surface area contributed by atoms with Gasteiger partial charge in [0.2, 0.25) is 5.91 Å². The van der Waals surface area contributed by atoms with Gasteiger partial charge in [-0.05, 0) is 30.2 Å². The maximum Gasteiger partial charge on any atom is 0.222 e. The minimum atomic E-state index is -0.423. The van der Waals surface area contributed by atoms with Crippen molar-refractivity contribution in [2.24, 2.45) is 0 Å². The Bertz CT molecular complexity index is 612. The highest BCUT2D eigenvalue weighted by molar-refractivity contribution is 5.77. The number of nitriles is 1. The maximum absolute atomic E-state index is 11.9. The van der Waals surface area contributed by atoms with Crippen molar-refractivity contribution in [2.75, 3.05) is 0 Å². The summed E-state index contributed by atoms with van der Waals surface area (Å²) >= 11 is 0. The average Bonchev–Trinajstić information content (AvgIpc) is 2.97. The van der Waals surface area contributed by atoms with Crippen LogP contribution < -0.4 is 5.32 Å². The SMILES string of the molecule is Cc1ccccc1C(C#N)CC(=O)NCc1ccco1. The predicted molar refractivity (Wildman–Crippen MR) is 74.7 cm³/mol. The first kappa shape index (κ1) is 13.9. The van der Waals surface area contributed by atoms with E-state index in [1.165, 1.54) is 0 Å². The molecule has 4 nitrogen and oxygen atoms in total. The highest BCUT2D eigenvalue weighted by atomic mass is 16.3. The normalized spacial score (nSPS) is 11.6. The van der Waals surface area contributed by atoms with Crippen LogP contribution in [0.3, 0.4) is 0 Å². The largest absolute Gasteiger partial charge is 0.467 e. The van der Waals surface area contributed by atoms with E-state index in [-0.39, 0.29) is 12.3 Å². The van der Waals surface area contributed by atoms with Gasteiger partial charge in [-0.25, -0.2) is 0 Å². The Kier molecular flexibility index (Phi) is 4.56. The minimum absolute atomic E-state index is 0.155. The molecule has 1 N–H and O–H groups in total. The van der Waals surface area contributed by atoms with Gasteiger partial charge in [-0.1, -0.05) is 24.3 Å². The molecule has 0 aliphatic rings. The van der Waals surface area contributed by atoms with Gasteiger partial charge in [0.1, 0.15) is 5.76 Å². The summed E-state index contributed by atoms with van der Waals surface area (Å²) in [5, 5.41) is 12.0. The number of furan rings is 1. The number of nitrogens with zero attached hydrogens (tertiary/aromatic N) is 1. The maximum atomic E-state index is 11.9. The quantitative estimate of drug-likeness (QED) is 0.906. The topological polar surface area (TPSA) is 66.0 Å². The molecule has 1 atom stereocenters. The third kappa shape index (κ3) is 3.48. The number of hydrogen-bond acceptors (Lipinski definition) is 3. The van der Waals surface area contributed by atoms with Crippen LogP contribution in [0.2, 0.25) is 0 Å². The van der Waals surface area contributed by atoms with E-state index in [1.54, 1.807) is 18.4 Å². The number of amides is 1. The van der Waals surface area contributed by atoms with Crippen LogP contribution in [0.1, 0.15) is 29.2 Å². The standard InChI is InChI=1S/C16H16N2O2/c1-12-5-2-3-7-15(12)13(10-17)9-16(19)18-11-14-6-4-8-20-14/h2-8,13H,9,11H2,1H3,(H,18,19). The second kappa shape index (κ2) is 6.58. The second-order valence-corrected chi connectivity index (χ2v) is 4.60. The number of aryl methyl sites for hydroxylation is 1. The van der Waals surface area contributed by atoms with Crippen LogP contribution in [0, 0.1) is 18.3 Å². The van der Waals surface area contributed by atoms with Crippen molar-refractivity contribution in [2.45, 2.75) is 25.8 Å². The molecule has 0 fully saturated rings. The summed E-state index contributed by atoms with van der Waals surface area (Å²) in [7, 11) is 0. The van der Waals surface area contributed by atoms with Gasteiger partial charge < -0.3 is 9.73 Å². The molecule has 20 heavy (non-hydrogen) atoms. The van der Waals surface area contributed by atoms with Crippen LogP contribution in [0.25, 0.3) is 0 Å². The molecule has 1 amide bonds. The third-order valence-corrected chi connectivity index (χ3v) is 3.15. The first-order chi connectivity index (χ1) is 9.70. The van der Waals surface area contributed by atoms with Crippen molar-refractivity contribution in [1.29, 1.82) is 5.26 Å². The fraction of sp³-hybridized carbons (Fsp3) is 0.250. The summed E-state index contributed by atoms with van der Waals surface area (Å²) in [6, 6.07) is 13.4. The number of benzene rings is 1. The lowest BCUT2D eigenvalue weighted by Gasteiger charge is -2.12. The minimum Gasteiger partial charge on any atom is -0.467 e. The summed E-state index contributed by atoms with van der Waals surface area (Å²) in [4.78, 5) is 11.9. The predicted octanol–water partition coefficient (Wildman–Crippen LogP) is 2.90. The highest BCUT2D eigenvalue weighted by Crippen LogP contribution is 2.22. The molecule has 102 valence electrons. The molecule has 0 saturated carbocycles. The lowest BCUT2D eigenvalue weighted by molar-refractivity contribution is -0.121. The zero-order chi connectivity index (χ0) is 14.4. The van der Waals surface area contributed by atoms with Gasteiger partial charge in [-0.2, -0.15) is 5.26 Å². The van der Waals surface area contributed by atoms with Crippen LogP contribution in [0.5, 0.6) is 0 Å². The third-order valence-electron chi connectivity index (χ3n) is 3.15. The Labute approximate surface area is 118 Å². The van der Waals surface area contributed by atoms with Crippen LogP contribution >= 0.6 is 0 Å². The van der Waals surface area contributed by atoms with E-state index in [4.69, 9.17) is 4.42 Å². The van der Waals surface area contributed by atoms with Gasteiger partial charge in [0.05, 0.1) is 24.8 Å². The fourth-order valence-corrected chi connectivity index (χ4v) is 2.06. The van der Waals surface area contributed by atoms with Crippen molar-refractivity contribution < 1.29 is 9.21 Å². The molecule has 1 aromatic carbocycles. The van der Waals surface area contributed by atoms with Crippen molar-refractivity contribution >= 4 is 5.91 Å². The van der Waals surface area contributed by atoms with E-state index >= 15 is 0 Å². The molecule has 1 unspecified atom stereocenters. The van der Waals surface area contributed by atoms with E-state index in [0.717, 1.165) is 11.1 Å². The molecule has 0 bridgehead atoms. The van der Waals surface area contributed by atoms with E-state index in [2.05, 4.69) is 11.4 Å². The number of hydrogen-bond donors (Lipinski definition) is 1. The van der Waals surface area contributed by atoms with Gasteiger partial charge in [0, 0.05) is 6.42 Å². The molecular weight excluding hydrogens is 252 g/mol. The Morgan fingerprint density at radius 1 is 1.35 bits per heavy atom. The van der Waals surface area contributed by atoms with Crippen LogP contribution in [0.4, 0.5) is 0 Å². The zero-order valence-electron chi connectivity index (χ0n) is 11.3. The Morgan fingerprint density at radius 2 is 2.15 bits per heavy atom. The van der Waals surface area contributed by atoms with E-state index in [9.17, 15) is 10.1 Å². The number of carbonyl (C=O) groups is 1. The smallest absolute Gasteiger partial charge is 0.222 e. The number of carbonyl (C=O) groups excluding carboxylic acids is 1. The Morgan fingerprint density at radius 3 is 2.80 bits per heavy atom. The van der Waals surface area contributed by atoms with E-state index in [1.807, 2.05) is 31.2 Å². The lowest BCUT2D eigenvalue weighted by Crippen LogP contribution is -2.24. The Hall–Kier alpha value is -2.54. The first-order valence-corrected chi connectivity index (χ1v) is 6.45. The Balaban J connectivity index is 1.95. The van der Waals surface area contributed by atoms with E-state index in [0.29, 0.717) is 12.3 Å². The highest BCUT2D eigenvalue weighted by Gasteiger charge is 2.17.